The third kappa shape index (κ3) is 2.88. The summed E-state index contributed by atoms with van der Waals surface area (Å²) in [5, 5.41) is 15.5. The van der Waals surface area contributed by atoms with Gasteiger partial charge in [0, 0.05) is 6.20 Å². The van der Waals surface area contributed by atoms with Gasteiger partial charge < -0.3 is 5.11 Å². The fraction of sp³-hybridized carbons (Fsp3) is 0.500. The maximum atomic E-state index is 11.1. The Morgan fingerprint density at radius 2 is 1.90 bits per heavy atom. The Kier molecular flexibility index (Phi) is 4.11. The number of benzene rings is 1. The first-order chi connectivity index (χ1) is 10.2. The van der Waals surface area contributed by atoms with Crippen LogP contribution in [0.2, 0.25) is 0 Å². The van der Waals surface area contributed by atoms with Crippen LogP contribution in [-0.2, 0) is 5.60 Å². The van der Waals surface area contributed by atoms with Crippen LogP contribution in [0.25, 0.3) is 5.69 Å². The molecular formula is C18H24N2O. The number of hydrogen-bond acceptors (Lipinski definition) is 2. The Balaban J connectivity index is 1.83. The van der Waals surface area contributed by atoms with Crippen molar-refractivity contribution in [2.75, 3.05) is 0 Å². The zero-order chi connectivity index (χ0) is 14.7. The third-order valence-electron chi connectivity index (χ3n) is 4.75. The quantitative estimate of drug-likeness (QED) is 0.919. The molecule has 2 aromatic rings. The Labute approximate surface area is 126 Å². The van der Waals surface area contributed by atoms with Crippen LogP contribution in [-0.4, -0.2) is 14.9 Å². The highest BCUT2D eigenvalue weighted by Crippen LogP contribution is 2.41. The fourth-order valence-corrected chi connectivity index (χ4v) is 3.54. The Morgan fingerprint density at radius 3 is 2.57 bits per heavy atom. The van der Waals surface area contributed by atoms with Gasteiger partial charge in [0.05, 0.1) is 11.4 Å². The van der Waals surface area contributed by atoms with E-state index >= 15 is 0 Å². The first-order valence-corrected chi connectivity index (χ1v) is 8.05. The van der Waals surface area contributed by atoms with Gasteiger partial charge in [-0.3, -0.25) is 0 Å². The number of aromatic nitrogens is 2. The average molecular weight is 284 g/mol. The van der Waals surface area contributed by atoms with Crippen LogP contribution in [0, 0.1) is 5.92 Å². The van der Waals surface area contributed by atoms with Gasteiger partial charge in [-0.1, -0.05) is 38.0 Å². The number of nitrogens with zero attached hydrogens (tertiary/aromatic N) is 2. The molecule has 0 radical (unpaired) electrons. The highest BCUT2D eigenvalue weighted by molar-refractivity contribution is 5.34. The number of hydrogen-bond donors (Lipinski definition) is 1. The molecule has 0 saturated heterocycles. The molecule has 3 rings (SSSR count). The van der Waals surface area contributed by atoms with Crippen LogP contribution in [0.5, 0.6) is 0 Å². The van der Waals surface area contributed by atoms with Crippen LogP contribution in [0.1, 0.15) is 51.1 Å². The minimum absolute atomic E-state index is 0.726. The second-order valence-corrected chi connectivity index (χ2v) is 6.23. The molecule has 1 fully saturated rings. The van der Waals surface area contributed by atoms with Crippen molar-refractivity contribution in [2.45, 2.75) is 51.0 Å². The van der Waals surface area contributed by atoms with E-state index in [2.05, 4.69) is 12.0 Å². The van der Waals surface area contributed by atoms with E-state index < -0.39 is 5.60 Å². The lowest BCUT2D eigenvalue weighted by atomic mass is 9.75. The molecule has 3 nitrogen and oxygen atoms in total. The zero-order valence-corrected chi connectivity index (χ0v) is 12.7. The molecular weight excluding hydrogens is 260 g/mol. The van der Waals surface area contributed by atoms with Gasteiger partial charge in [-0.05, 0) is 49.8 Å². The van der Waals surface area contributed by atoms with Gasteiger partial charge in [0.25, 0.3) is 0 Å². The first-order valence-electron chi connectivity index (χ1n) is 8.05. The predicted octanol–water partition coefficient (Wildman–Crippen LogP) is 4.05. The van der Waals surface area contributed by atoms with Crippen molar-refractivity contribution < 1.29 is 5.11 Å². The van der Waals surface area contributed by atoms with Crippen molar-refractivity contribution in [3.8, 4) is 5.69 Å². The molecule has 1 aliphatic carbocycles. The summed E-state index contributed by atoms with van der Waals surface area (Å²) in [7, 11) is 0. The van der Waals surface area contributed by atoms with E-state index in [0.717, 1.165) is 43.0 Å². The predicted molar refractivity (Wildman–Crippen MR) is 84.3 cm³/mol. The van der Waals surface area contributed by atoms with Gasteiger partial charge >= 0.3 is 0 Å². The maximum absolute atomic E-state index is 11.1. The summed E-state index contributed by atoms with van der Waals surface area (Å²) in [5.74, 6) is 0.781. The highest BCUT2D eigenvalue weighted by atomic mass is 16.3. The number of rotatable bonds is 4. The maximum Gasteiger partial charge on any atom is 0.107 e. The van der Waals surface area contributed by atoms with E-state index in [4.69, 9.17) is 0 Å². The van der Waals surface area contributed by atoms with Crippen molar-refractivity contribution in [3.63, 3.8) is 0 Å². The summed E-state index contributed by atoms with van der Waals surface area (Å²) in [5.41, 5.74) is 1.22. The summed E-state index contributed by atoms with van der Waals surface area (Å²) in [6.45, 7) is 2.24. The van der Waals surface area contributed by atoms with E-state index in [1.54, 1.807) is 6.20 Å². The minimum atomic E-state index is -0.726. The van der Waals surface area contributed by atoms with E-state index in [9.17, 15) is 5.11 Å². The van der Waals surface area contributed by atoms with Crippen molar-refractivity contribution >= 4 is 0 Å². The van der Waals surface area contributed by atoms with Gasteiger partial charge in [-0.25, -0.2) is 4.68 Å². The van der Waals surface area contributed by atoms with Gasteiger partial charge in [-0.2, -0.15) is 5.10 Å². The number of para-hydroxylation sites is 1. The lowest BCUT2D eigenvalue weighted by Gasteiger charge is -2.36. The van der Waals surface area contributed by atoms with Gasteiger partial charge in [0.15, 0.2) is 0 Å². The van der Waals surface area contributed by atoms with Crippen LogP contribution >= 0.6 is 0 Å². The van der Waals surface area contributed by atoms with E-state index in [1.165, 1.54) is 12.8 Å². The monoisotopic (exact) mass is 284 g/mol. The number of aliphatic hydroxyl groups is 1. The van der Waals surface area contributed by atoms with Gasteiger partial charge in [0.1, 0.15) is 5.60 Å². The lowest BCUT2D eigenvalue weighted by Crippen LogP contribution is -2.33. The van der Waals surface area contributed by atoms with E-state index in [-0.39, 0.29) is 0 Å². The molecule has 1 heterocycles. The molecule has 1 N–H and O–H groups in total. The highest BCUT2D eigenvalue weighted by Gasteiger charge is 2.37. The molecule has 0 spiro atoms. The van der Waals surface area contributed by atoms with Crippen LogP contribution in [0.4, 0.5) is 0 Å². The van der Waals surface area contributed by atoms with Gasteiger partial charge in [-0.15, -0.1) is 0 Å². The molecule has 0 unspecified atom stereocenters. The summed E-state index contributed by atoms with van der Waals surface area (Å²) in [6, 6.07) is 12.0. The molecule has 0 amide bonds. The Morgan fingerprint density at radius 1 is 1.19 bits per heavy atom. The van der Waals surface area contributed by atoms with Crippen molar-refractivity contribution in [1.29, 1.82) is 0 Å². The lowest BCUT2D eigenvalue weighted by molar-refractivity contribution is -0.0208. The van der Waals surface area contributed by atoms with Crippen LogP contribution < -0.4 is 0 Å². The van der Waals surface area contributed by atoms with Gasteiger partial charge in [0.2, 0.25) is 0 Å². The largest absolute Gasteiger partial charge is 0.384 e. The molecule has 1 aliphatic rings. The zero-order valence-electron chi connectivity index (χ0n) is 12.7. The van der Waals surface area contributed by atoms with Crippen molar-refractivity contribution in [2.24, 2.45) is 5.92 Å². The molecule has 112 valence electrons. The van der Waals surface area contributed by atoms with Crippen LogP contribution in [0.15, 0.2) is 42.6 Å². The summed E-state index contributed by atoms with van der Waals surface area (Å²) >= 11 is 0. The van der Waals surface area contributed by atoms with Crippen molar-refractivity contribution in [3.05, 3.63) is 48.3 Å². The normalized spacial score (nSPS) is 25.9. The summed E-state index contributed by atoms with van der Waals surface area (Å²) < 4.78 is 1.89. The third-order valence-corrected chi connectivity index (χ3v) is 4.75. The molecule has 1 aromatic carbocycles. The van der Waals surface area contributed by atoms with E-state index in [1.807, 2.05) is 41.1 Å². The standard InChI is InChI=1S/C18H24N2O/c1-2-6-15-9-12-18(21,13-10-15)17-11-14-19-20(17)16-7-4-3-5-8-16/h3-5,7-8,11,14-15,21H,2,6,9-10,12-13H2,1H3. The van der Waals surface area contributed by atoms with Crippen LogP contribution in [0.3, 0.4) is 0 Å². The molecule has 0 bridgehead atoms. The second-order valence-electron chi connectivity index (χ2n) is 6.23. The Bertz CT molecular complexity index is 568. The first kappa shape index (κ1) is 14.3. The molecule has 3 heteroatoms. The topological polar surface area (TPSA) is 38.1 Å². The summed E-state index contributed by atoms with van der Waals surface area (Å²) in [6.07, 6.45) is 8.23. The smallest absolute Gasteiger partial charge is 0.107 e. The van der Waals surface area contributed by atoms with Crippen molar-refractivity contribution in [1.82, 2.24) is 9.78 Å². The molecule has 0 atom stereocenters. The minimum Gasteiger partial charge on any atom is -0.384 e. The summed E-state index contributed by atoms with van der Waals surface area (Å²) in [4.78, 5) is 0. The molecule has 21 heavy (non-hydrogen) atoms. The molecule has 1 saturated carbocycles. The second kappa shape index (κ2) is 6.02. The average Bonchev–Trinajstić information content (AvgIpc) is 3.01. The molecule has 0 aliphatic heterocycles. The SMILES string of the molecule is CCCC1CCC(O)(c2ccnn2-c2ccccc2)CC1. The fourth-order valence-electron chi connectivity index (χ4n) is 3.54. The Hall–Kier alpha value is -1.61. The van der Waals surface area contributed by atoms with E-state index in [0.29, 0.717) is 0 Å². The molecule has 1 aromatic heterocycles.